The van der Waals surface area contributed by atoms with Gasteiger partial charge in [-0.1, -0.05) is 54.1 Å². The SMILES string of the molecule is COc1cc([N+](=O)[O-])ccc1N1C(=O)[C@H]2[C@@H](c3ccccc3Cl)OC3(C(=O)c4ccccc4C3=O)[C@@H]2C1=O. The predicted octanol–water partition coefficient (Wildman–Crippen LogP) is 3.95. The third kappa shape index (κ3) is 2.98. The van der Waals surface area contributed by atoms with E-state index < -0.39 is 51.8 Å². The Labute approximate surface area is 219 Å². The van der Waals surface area contributed by atoms with Crippen molar-refractivity contribution in [3.63, 3.8) is 0 Å². The normalized spacial score (nSPS) is 23.2. The molecule has 6 rings (SSSR count). The zero-order valence-electron chi connectivity index (χ0n) is 19.6. The first-order valence-electron chi connectivity index (χ1n) is 11.5. The standard InChI is InChI=1S/C27H17ClN2O8/c1-37-19-12-13(30(35)36)10-11-18(19)29-25(33)20-21(26(29)34)27(38-22(20)16-8-4-5-9-17(16)28)23(31)14-6-2-3-7-15(14)24(27)32/h2-12,20-22H,1H3/t20-,21+,22-/m1/s1. The molecule has 2 amide bonds. The topological polar surface area (TPSA) is 133 Å². The molecule has 3 aromatic carbocycles. The molecule has 2 aliphatic heterocycles. The van der Waals surface area contributed by atoms with Crippen LogP contribution in [0.4, 0.5) is 11.4 Å². The van der Waals surface area contributed by atoms with Gasteiger partial charge in [-0.05, 0) is 12.1 Å². The lowest BCUT2D eigenvalue weighted by Crippen LogP contribution is -2.51. The highest BCUT2D eigenvalue weighted by Gasteiger charge is 2.75. The molecule has 1 spiro atoms. The van der Waals surface area contributed by atoms with Crippen LogP contribution in [-0.2, 0) is 14.3 Å². The zero-order chi connectivity index (χ0) is 26.9. The molecule has 0 saturated carbocycles. The number of fused-ring (bicyclic) bond motifs is 3. The maximum Gasteiger partial charge on any atom is 0.273 e. The molecule has 11 heteroatoms. The number of methoxy groups -OCH3 is 1. The van der Waals surface area contributed by atoms with E-state index in [0.717, 1.165) is 17.0 Å². The summed E-state index contributed by atoms with van der Waals surface area (Å²) in [7, 11) is 1.24. The first-order chi connectivity index (χ1) is 18.2. The van der Waals surface area contributed by atoms with E-state index in [9.17, 15) is 29.3 Å². The Morgan fingerprint density at radius 2 is 1.58 bits per heavy atom. The number of benzene rings is 3. The second-order valence-corrected chi connectivity index (χ2v) is 9.54. The first kappa shape index (κ1) is 24.0. The number of ketones is 2. The Bertz CT molecular complexity index is 1570. The van der Waals surface area contributed by atoms with Gasteiger partial charge in [0.25, 0.3) is 5.69 Å². The second kappa shape index (κ2) is 8.30. The van der Waals surface area contributed by atoms with E-state index in [1.165, 1.54) is 25.3 Å². The maximum absolute atomic E-state index is 14.0. The van der Waals surface area contributed by atoms with Crippen molar-refractivity contribution in [3.05, 3.63) is 98.6 Å². The summed E-state index contributed by atoms with van der Waals surface area (Å²) in [5.74, 6) is -5.88. The molecule has 0 unspecified atom stereocenters. The van der Waals surface area contributed by atoms with Gasteiger partial charge >= 0.3 is 0 Å². The van der Waals surface area contributed by atoms with Crippen LogP contribution in [0, 0.1) is 22.0 Å². The van der Waals surface area contributed by atoms with Crippen molar-refractivity contribution in [2.45, 2.75) is 11.7 Å². The number of hydrogen-bond donors (Lipinski definition) is 0. The number of non-ortho nitro benzene ring substituents is 1. The van der Waals surface area contributed by atoms with Gasteiger partial charge in [-0.3, -0.25) is 29.3 Å². The largest absolute Gasteiger partial charge is 0.494 e. The van der Waals surface area contributed by atoms with Crippen molar-refractivity contribution >= 4 is 46.4 Å². The van der Waals surface area contributed by atoms with E-state index in [4.69, 9.17) is 21.1 Å². The molecule has 2 fully saturated rings. The highest BCUT2D eigenvalue weighted by atomic mass is 35.5. The molecule has 10 nitrogen and oxygen atoms in total. The summed E-state index contributed by atoms with van der Waals surface area (Å²) in [6, 6.07) is 16.1. The fraction of sp³-hybridized carbons (Fsp3) is 0.185. The number of ether oxygens (including phenoxy) is 2. The minimum absolute atomic E-state index is 0.0500. The summed E-state index contributed by atoms with van der Waals surface area (Å²) in [6.45, 7) is 0. The maximum atomic E-state index is 14.0. The molecule has 0 aromatic heterocycles. The van der Waals surface area contributed by atoms with Gasteiger partial charge in [0.15, 0.2) is 0 Å². The Morgan fingerprint density at radius 1 is 0.947 bits per heavy atom. The van der Waals surface area contributed by atoms with Crippen molar-refractivity contribution in [1.82, 2.24) is 0 Å². The van der Waals surface area contributed by atoms with Crippen LogP contribution < -0.4 is 9.64 Å². The molecular weight excluding hydrogens is 516 g/mol. The van der Waals surface area contributed by atoms with Gasteiger partial charge in [0.2, 0.25) is 29.0 Å². The molecule has 38 heavy (non-hydrogen) atoms. The summed E-state index contributed by atoms with van der Waals surface area (Å²) in [5, 5.41) is 11.5. The quantitative estimate of drug-likeness (QED) is 0.213. The number of halogens is 1. The molecular formula is C27H17ClN2O8. The van der Waals surface area contributed by atoms with Crippen LogP contribution in [0.1, 0.15) is 32.4 Å². The van der Waals surface area contributed by atoms with Crippen LogP contribution in [0.3, 0.4) is 0 Å². The summed E-state index contributed by atoms with van der Waals surface area (Å²) in [5.41, 5.74) is -2.09. The molecule has 0 N–H and O–H groups in total. The summed E-state index contributed by atoms with van der Waals surface area (Å²) >= 11 is 6.44. The van der Waals surface area contributed by atoms with Crippen LogP contribution >= 0.6 is 11.6 Å². The van der Waals surface area contributed by atoms with Crippen LogP contribution in [0.25, 0.3) is 0 Å². The van der Waals surface area contributed by atoms with E-state index in [0.29, 0.717) is 5.56 Å². The monoisotopic (exact) mass is 532 g/mol. The van der Waals surface area contributed by atoms with Gasteiger partial charge in [0, 0.05) is 27.8 Å². The smallest absolute Gasteiger partial charge is 0.273 e. The number of Topliss-reactive ketones (excluding diaryl/α,β-unsaturated/α-hetero) is 2. The first-order valence-corrected chi connectivity index (χ1v) is 11.9. The highest BCUT2D eigenvalue weighted by Crippen LogP contribution is 2.58. The average molecular weight is 533 g/mol. The molecule has 1 aliphatic carbocycles. The number of nitro benzene ring substituents is 1. The average Bonchev–Trinajstić information content (AvgIpc) is 3.48. The van der Waals surface area contributed by atoms with E-state index in [2.05, 4.69) is 0 Å². The van der Waals surface area contributed by atoms with E-state index in [1.807, 2.05) is 0 Å². The summed E-state index contributed by atoms with van der Waals surface area (Å²) in [4.78, 5) is 67.1. The Kier molecular flexibility index (Phi) is 5.23. The number of carbonyl (C=O) groups excluding carboxylic acids is 4. The minimum Gasteiger partial charge on any atom is -0.494 e. The van der Waals surface area contributed by atoms with Gasteiger partial charge < -0.3 is 9.47 Å². The fourth-order valence-corrected chi connectivity index (χ4v) is 5.95. The molecule has 190 valence electrons. The highest BCUT2D eigenvalue weighted by molar-refractivity contribution is 6.37. The Hall–Kier alpha value is -4.41. The number of rotatable bonds is 4. The third-order valence-corrected chi connectivity index (χ3v) is 7.69. The predicted molar refractivity (Wildman–Crippen MR) is 132 cm³/mol. The number of carbonyl (C=O) groups is 4. The number of nitro groups is 1. The van der Waals surface area contributed by atoms with Crippen LogP contribution in [-0.4, -0.2) is 41.0 Å². The van der Waals surface area contributed by atoms with E-state index >= 15 is 0 Å². The van der Waals surface area contributed by atoms with Crippen molar-refractivity contribution in [3.8, 4) is 5.75 Å². The van der Waals surface area contributed by atoms with Crippen molar-refractivity contribution < 1.29 is 33.6 Å². The van der Waals surface area contributed by atoms with Gasteiger partial charge in [-0.15, -0.1) is 0 Å². The van der Waals surface area contributed by atoms with Gasteiger partial charge in [0.1, 0.15) is 5.75 Å². The number of amides is 2. The van der Waals surface area contributed by atoms with Crippen LogP contribution in [0.5, 0.6) is 5.75 Å². The number of hydrogen-bond acceptors (Lipinski definition) is 8. The molecule has 2 saturated heterocycles. The number of imide groups is 1. The van der Waals surface area contributed by atoms with Crippen LogP contribution in [0.2, 0.25) is 5.02 Å². The fourth-order valence-electron chi connectivity index (χ4n) is 5.71. The molecule has 3 atom stereocenters. The van der Waals surface area contributed by atoms with Crippen molar-refractivity contribution in [2.24, 2.45) is 11.8 Å². The van der Waals surface area contributed by atoms with E-state index in [1.54, 1.807) is 36.4 Å². The van der Waals surface area contributed by atoms with Crippen LogP contribution in [0.15, 0.2) is 66.7 Å². The van der Waals surface area contributed by atoms with Crippen molar-refractivity contribution in [2.75, 3.05) is 12.0 Å². The molecule has 2 heterocycles. The second-order valence-electron chi connectivity index (χ2n) is 9.13. The summed E-state index contributed by atoms with van der Waals surface area (Å²) in [6.07, 6.45) is -1.19. The van der Waals surface area contributed by atoms with Gasteiger partial charge in [0.05, 0.1) is 41.7 Å². The Morgan fingerprint density at radius 3 is 2.18 bits per heavy atom. The van der Waals surface area contributed by atoms with Gasteiger partial charge in [-0.25, -0.2) is 4.90 Å². The lowest BCUT2D eigenvalue weighted by molar-refractivity contribution is -0.384. The molecule has 0 bridgehead atoms. The number of anilines is 1. The third-order valence-electron chi connectivity index (χ3n) is 7.35. The zero-order valence-corrected chi connectivity index (χ0v) is 20.4. The van der Waals surface area contributed by atoms with Crippen molar-refractivity contribution in [1.29, 1.82) is 0 Å². The lowest BCUT2D eigenvalue weighted by Gasteiger charge is -2.27. The van der Waals surface area contributed by atoms with E-state index in [-0.39, 0.29) is 33.3 Å². The molecule has 3 aromatic rings. The molecule has 3 aliphatic rings. The number of nitrogens with zero attached hydrogens (tertiary/aromatic N) is 2. The Balaban J connectivity index is 1.55. The van der Waals surface area contributed by atoms with Gasteiger partial charge in [-0.2, -0.15) is 0 Å². The lowest BCUT2D eigenvalue weighted by atomic mass is 9.77. The minimum atomic E-state index is -2.27. The molecule has 0 radical (unpaired) electrons. The summed E-state index contributed by atoms with van der Waals surface area (Å²) < 4.78 is 11.5.